The summed E-state index contributed by atoms with van der Waals surface area (Å²) in [5.41, 5.74) is 1.83. The highest BCUT2D eigenvalue weighted by atomic mass is 35.5. The molecule has 0 aromatic heterocycles. The van der Waals surface area contributed by atoms with E-state index < -0.39 is 6.10 Å². The maximum atomic E-state index is 9.66. The molecule has 0 amide bonds. The molecule has 166 valence electrons. The summed E-state index contributed by atoms with van der Waals surface area (Å²) in [4.78, 5) is 0. The third kappa shape index (κ3) is 6.98. The van der Waals surface area contributed by atoms with E-state index in [1.54, 1.807) is 0 Å². The van der Waals surface area contributed by atoms with Crippen LogP contribution in [0.5, 0.6) is 11.5 Å². The van der Waals surface area contributed by atoms with E-state index in [0.717, 1.165) is 34.8 Å². The van der Waals surface area contributed by atoms with Gasteiger partial charge < -0.3 is 14.6 Å². The molecule has 2 aromatic rings. The number of ether oxygens (including phenoxy) is 2. The minimum absolute atomic E-state index is 0.295. The van der Waals surface area contributed by atoms with Crippen LogP contribution in [0.25, 0.3) is 0 Å². The molecule has 0 heterocycles. The van der Waals surface area contributed by atoms with Crippen molar-refractivity contribution < 1.29 is 14.6 Å². The van der Waals surface area contributed by atoms with Gasteiger partial charge in [-0.2, -0.15) is 11.8 Å². The van der Waals surface area contributed by atoms with Crippen LogP contribution < -0.4 is 9.47 Å². The summed E-state index contributed by atoms with van der Waals surface area (Å²) in [6.07, 6.45) is 1.18. The van der Waals surface area contributed by atoms with Gasteiger partial charge in [0, 0.05) is 5.41 Å². The molecular weight excluding hydrogens is 439 g/mol. The van der Waals surface area contributed by atoms with Gasteiger partial charge in [-0.1, -0.05) is 63.0 Å². The van der Waals surface area contributed by atoms with Gasteiger partial charge in [0.15, 0.2) is 5.75 Å². The van der Waals surface area contributed by atoms with Crippen molar-refractivity contribution in [3.63, 3.8) is 0 Å². The van der Waals surface area contributed by atoms with Gasteiger partial charge in [0.2, 0.25) is 0 Å². The highest BCUT2D eigenvalue weighted by molar-refractivity contribution is 7.99. The van der Waals surface area contributed by atoms with E-state index in [-0.39, 0.29) is 5.41 Å². The van der Waals surface area contributed by atoms with Gasteiger partial charge in [0.05, 0.1) is 22.8 Å². The molecule has 1 atom stereocenters. The molecule has 0 aliphatic carbocycles. The second kappa shape index (κ2) is 12.1. The molecule has 30 heavy (non-hydrogen) atoms. The summed E-state index contributed by atoms with van der Waals surface area (Å²) >= 11 is 14.9. The maximum Gasteiger partial charge on any atom is 0.156 e. The fourth-order valence-corrected chi connectivity index (χ4v) is 4.19. The lowest BCUT2D eigenvalue weighted by Crippen LogP contribution is -2.19. The smallest absolute Gasteiger partial charge is 0.156 e. The number of hydrogen-bond acceptors (Lipinski definition) is 4. The lowest BCUT2D eigenvalue weighted by atomic mass is 9.78. The molecular formula is C24H32Cl2O3S. The van der Waals surface area contributed by atoms with Crippen molar-refractivity contribution in [2.75, 3.05) is 24.7 Å². The van der Waals surface area contributed by atoms with Crippen LogP contribution in [0.1, 0.15) is 51.7 Å². The quantitative estimate of drug-likeness (QED) is 0.339. The van der Waals surface area contributed by atoms with Crippen LogP contribution in [0, 0.1) is 0 Å². The monoisotopic (exact) mass is 470 g/mol. The van der Waals surface area contributed by atoms with Crippen LogP contribution in [0.4, 0.5) is 0 Å². The molecule has 0 saturated heterocycles. The number of aliphatic hydroxyl groups is 1. The standard InChI is InChI=1S/C24H32Cl2O3S/c1-5-19(27)16-29-20-10-8-17(9-11-20)24(3,4)18-14-21(25)23(22(26)15-18)28-12-7-13-30-6-2/h8-11,14-15,19,27H,5-7,12-13,16H2,1-4H3. The lowest BCUT2D eigenvalue weighted by molar-refractivity contribution is 0.104. The fourth-order valence-electron chi connectivity index (χ4n) is 2.98. The minimum Gasteiger partial charge on any atom is -0.491 e. The Bertz CT molecular complexity index is 771. The molecule has 0 fully saturated rings. The largest absolute Gasteiger partial charge is 0.491 e. The zero-order valence-electron chi connectivity index (χ0n) is 18.2. The predicted molar refractivity (Wildman–Crippen MR) is 130 cm³/mol. The van der Waals surface area contributed by atoms with Gasteiger partial charge in [0.25, 0.3) is 0 Å². The van der Waals surface area contributed by atoms with Crippen molar-refractivity contribution in [2.24, 2.45) is 0 Å². The van der Waals surface area contributed by atoms with Crippen LogP contribution in [0.15, 0.2) is 36.4 Å². The van der Waals surface area contributed by atoms with Crippen LogP contribution in [0.3, 0.4) is 0 Å². The summed E-state index contributed by atoms with van der Waals surface area (Å²) in [5.74, 6) is 3.47. The van der Waals surface area contributed by atoms with Crippen molar-refractivity contribution in [1.82, 2.24) is 0 Å². The predicted octanol–water partition coefficient (Wildman–Crippen LogP) is 6.99. The average molecular weight is 471 g/mol. The summed E-state index contributed by atoms with van der Waals surface area (Å²) in [5, 5.41) is 10.7. The number of rotatable bonds is 12. The Morgan fingerprint density at radius 3 is 2.20 bits per heavy atom. The molecule has 3 nitrogen and oxygen atoms in total. The highest BCUT2D eigenvalue weighted by Crippen LogP contribution is 2.40. The number of hydrogen-bond donors (Lipinski definition) is 1. The normalized spacial score (nSPS) is 12.6. The van der Waals surface area contributed by atoms with Gasteiger partial charge in [-0.3, -0.25) is 0 Å². The zero-order valence-corrected chi connectivity index (χ0v) is 20.5. The van der Waals surface area contributed by atoms with Gasteiger partial charge >= 0.3 is 0 Å². The molecule has 2 aromatic carbocycles. The second-order valence-corrected chi connectivity index (χ2v) is 9.90. The lowest BCUT2D eigenvalue weighted by Gasteiger charge is -2.27. The number of aliphatic hydroxyl groups excluding tert-OH is 1. The molecule has 1 unspecified atom stereocenters. The van der Waals surface area contributed by atoms with Crippen molar-refractivity contribution in [3.8, 4) is 11.5 Å². The van der Waals surface area contributed by atoms with Crippen LogP contribution >= 0.6 is 35.0 Å². The van der Waals surface area contributed by atoms with Gasteiger partial charge in [-0.05, 0) is 59.7 Å². The molecule has 2 rings (SSSR count). The van der Waals surface area contributed by atoms with E-state index in [0.29, 0.717) is 35.4 Å². The Labute approximate surface area is 195 Å². The van der Waals surface area contributed by atoms with Crippen LogP contribution in [0.2, 0.25) is 10.0 Å². The summed E-state index contributed by atoms with van der Waals surface area (Å²) < 4.78 is 11.5. The van der Waals surface area contributed by atoms with Gasteiger partial charge in [-0.25, -0.2) is 0 Å². The molecule has 0 aliphatic rings. The van der Waals surface area contributed by atoms with E-state index in [9.17, 15) is 5.11 Å². The molecule has 0 aliphatic heterocycles. The summed E-state index contributed by atoms with van der Waals surface area (Å²) in [7, 11) is 0. The second-order valence-electron chi connectivity index (χ2n) is 7.69. The maximum absolute atomic E-state index is 9.66. The Morgan fingerprint density at radius 2 is 1.63 bits per heavy atom. The first-order valence-corrected chi connectivity index (χ1v) is 12.3. The van der Waals surface area contributed by atoms with Gasteiger partial charge in [-0.15, -0.1) is 0 Å². The Morgan fingerprint density at radius 1 is 1.00 bits per heavy atom. The number of halogens is 2. The first-order valence-electron chi connectivity index (χ1n) is 10.4. The van der Waals surface area contributed by atoms with E-state index in [4.69, 9.17) is 32.7 Å². The van der Waals surface area contributed by atoms with E-state index in [1.165, 1.54) is 0 Å². The molecule has 6 heteroatoms. The fraction of sp³-hybridized carbons (Fsp3) is 0.500. The summed E-state index contributed by atoms with van der Waals surface area (Å²) in [6, 6.07) is 11.8. The van der Waals surface area contributed by atoms with Crippen molar-refractivity contribution >= 4 is 35.0 Å². The molecule has 1 N–H and O–H groups in total. The highest BCUT2D eigenvalue weighted by Gasteiger charge is 2.25. The van der Waals surface area contributed by atoms with Crippen LogP contribution in [-0.4, -0.2) is 35.9 Å². The van der Waals surface area contributed by atoms with E-state index in [1.807, 2.05) is 55.1 Å². The molecule has 0 radical (unpaired) electrons. The van der Waals surface area contributed by atoms with Crippen molar-refractivity contribution in [2.45, 2.75) is 52.1 Å². The molecule has 0 bridgehead atoms. The molecule has 0 spiro atoms. The van der Waals surface area contributed by atoms with Gasteiger partial charge in [0.1, 0.15) is 12.4 Å². The Kier molecular flexibility index (Phi) is 10.2. The third-order valence-corrected chi connectivity index (χ3v) is 6.64. The topological polar surface area (TPSA) is 38.7 Å². The minimum atomic E-state index is -0.448. The first kappa shape index (κ1) is 25.2. The number of thioether (sulfide) groups is 1. The average Bonchev–Trinajstić information content (AvgIpc) is 2.73. The first-order chi connectivity index (χ1) is 14.3. The number of benzene rings is 2. The van der Waals surface area contributed by atoms with E-state index in [2.05, 4.69) is 20.8 Å². The zero-order chi connectivity index (χ0) is 22.1. The summed E-state index contributed by atoms with van der Waals surface area (Å²) in [6.45, 7) is 9.24. The SMILES string of the molecule is CCSCCCOc1c(Cl)cc(C(C)(C)c2ccc(OCC(O)CC)cc2)cc1Cl. The molecule has 0 saturated carbocycles. The van der Waals surface area contributed by atoms with Crippen molar-refractivity contribution in [1.29, 1.82) is 0 Å². The Hall–Kier alpha value is -1.07. The van der Waals surface area contributed by atoms with E-state index >= 15 is 0 Å². The van der Waals surface area contributed by atoms with Crippen molar-refractivity contribution in [3.05, 3.63) is 57.6 Å². The Balaban J connectivity index is 2.11. The van der Waals surface area contributed by atoms with Crippen LogP contribution in [-0.2, 0) is 5.41 Å². The third-order valence-electron chi connectivity index (χ3n) is 5.09.